The summed E-state index contributed by atoms with van der Waals surface area (Å²) in [5.41, 5.74) is 2.70. The summed E-state index contributed by atoms with van der Waals surface area (Å²) in [6.45, 7) is 1.89. The number of halogens is 3. The zero-order valence-electron chi connectivity index (χ0n) is 17.2. The van der Waals surface area contributed by atoms with Gasteiger partial charge >= 0.3 is 0 Å². The Labute approximate surface area is 206 Å². The second-order valence-corrected chi connectivity index (χ2v) is 9.14. The Morgan fingerprint density at radius 2 is 1.84 bits per heavy atom. The smallest absolute Gasteiger partial charge is 0.276 e. The van der Waals surface area contributed by atoms with Crippen LogP contribution in [0.2, 0.25) is 5.02 Å². The Kier molecular flexibility index (Phi) is 7.37. The third kappa shape index (κ3) is 5.20. The Morgan fingerprint density at radius 1 is 1.19 bits per heavy atom. The summed E-state index contributed by atoms with van der Waals surface area (Å²) in [7, 11) is 3.86. The van der Waals surface area contributed by atoms with E-state index in [0.29, 0.717) is 31.0 Å². The van der Waals surface area contributed by atoms with Crippen LogP contribution in [0.3, 0.4) is 0 Å². The van der Waals surface area contributed by atoms with Crippen LogP contribution in [-0.2, 0) is 4.79 Å². The predicted octanol–water partition coefficient (Wildman–Crippen LogP) is 6.24. The van der Waals surface area contributed by atoms with Crippen molar-refractivity contribution in [1.29, 1.82) is 0 Å². The molecular formula is C21H18Br2ClN5O3. The molecule has 0 saturated heterocycles. The lowest BCUT2D eigenvalue weighted by atomic mass is 10.1. The minimum Gasteiger partial charge on any atom is -0.378 e. The third-order valence-corrected chi connectivity index (χ3v) is 6.12. The minimum atomic E-state index is -0.541. The van der Waals surface area contributed by atoms with Crippen LogP contribution in [0.5, 0.6) is 0 Å². The lowest BCUT2D eigenvalue weighted by molar-refractivity contribution is -0.385. The maximum atomic E-state index is 13.3. The van der Waals surface area contributed by atoms with Gasteiger partial charge in [-0.05, 0) is 68.6 Å². The number of nitro groups is 1. The van der Waals surface area contributed by atoms with Crippen molar-refractivity contribution in [3.05, 3.63) is 77.8 Å². The predicted molar refractivity (Wildman–Crippen MR) is 135 cm³/mol. The Bertz CT molecular complexity index is 1220. The fraction of sp³-hybridized carbons (Fsp3) is 0.143. The van der Waals surface area contributed by atoms with E-state index in [0.717, 1.165) is 11.3 Å². The zero-order chi connectivity index (χ0) is 23.6. The number of nitrogens with zero attached hydrogens (tertiary/aromatic N) is 3. The van der Waals surface area contributed by atoms with Crippen LogP contribution in [0.1, 0.15) is 11.1 Å². The van der Waals surface area contributed by atoms with E-state index in [4.69, 9.17) is 11.6 Å². The van der Waals surface area contributed by atoms with Crippen molar-refractivity contribution in [1.82, 2.24) is 4.98 Å². The molecule has 11 heteroatoms. The van der Waals surface area contributed by atoms with Crippen LogP contribution in [0.4, 0.5) is 22.9 Å². The van der Waals surface area contributed by atoms with E-state index in [2.05, 4.69) is 47.2 Å². The molecule has 0 radical (unpaired) electrons. The van der Waals surface area contributed by atoms with Crippen molar-refractivity contribution >= 4 is 78.0 Å². The van der Waals surface area contributed by atoms with Gasteiger partial charge in [0.25, 0.3) is 11.6 Å². The normalized spacial score (nSPS) is 11.4. The number of benzene rings is 2. The summed E-state index contributed by atoms with van der Waals surface area (Å²) in [6.07, 6.45) is 1.59. The van der Waals surface area contributed by atoms with E-state index >= 15 is 0 Å². The Balaban J connectivity index is 2.17. The molecule has 2 N–H and O–H groups in total. The number of aromatic amines is 1. The second kappa shape index (κ2) is 9.85. The van der Waals surface area contributed by atoms with E-state index in [1.54, 1.807) is 12.3 Å². The van der Waals surface area contributed by atoms with Gasteiger partial charge in [-0.15, -0.1) is 0 Å². The molecule has 8 nitrogen and oxygen atoms in total. The van der Waals surface area contributed by atoms with Gasteiger partial charge in [0.1, 0.15) is 11.5 Å². The lowest BCUT2D eigenvalue weighted by Gasteiger charge is -2.15. The number of anilines is 2. The lowest BCUT2D eigenvalue weighted by Crippen LogP contribution is -2.25. The Hall–Kier alpha value is -2.69. The number of amides is 1. The van der Waals surface area contributed by atoms with Crippen LogP contribution in [-0.4, -0.2) is 35.6 Å². The van der Waals surface area contributed by atoms with Gasteiger partial charge in [0, 0.05) is 52.6 Å². The molecule has 1 amide bonds. The zero-order valence-corrected chi connectivity index (χ0v) is 21.2. The standard InChI is InChI=1S/C21H18Br2ClN5O3/c1-11-8-12(28(2)3)4-5-17(11)26-19(21(30)27-20-16(24)6-7-25-20)18-14(22)9-13(29(31)32)10-15(18)23/h4-10,25H,1-3H3,(H,27,30). The van der Waals surface area contributed by atoms with Gasteiger partial charge < -0.3 is 15.2 Å². The number of carbonyl (C=O) groups excluding carboxylic acids is 1. The van der Waals surface area contributed by atoms with Crippen LogP contribution >= 0.6 is 43.5 Å². The highest BCUT2D eigenvalue weighted by molar-refractivity contribution is 9.11. The van der Waals surface area contributed by atoms with Crippen molar-refractivity contribution in [2.24, 2.45) is 4.99 Å². The van der Waals surface area contributed by atoms with Gasteiger partial charge in [-0.1, -0.05) is 11.6 Å². The van der Waals surface area contributed by atoms with Gasteiger partial charge in [0.15, 0.2) is 0 Å². The summed E-state index contributed by atoms with van der Waals surface area (Å²) in [4.78, 5) is 33.4. The molecule has 2 aromatic carbocycles. The first-order valence-corrected chi connectivity index (χ1v) is 11.2. The van der Waals surface area contributed by atoms with Crippen molar-refractivity contribution in [2.45, 2.75) is 6.92 Å². The van der Waals surface area contributed by atoms with Gasteiger partial charge in [0.05, 0.1) is 15.6 Å². The second-order valence-electron chi connectivity index (χ2n) is 7.02. The summed E-state index contributed by atoms with van der Waals surface area (Å²) >= 11 is 12.8. The number of non-ortho nitro benzene ring substituents is 1. The quantitative estimate of drug-likeness (QED) is 0.204. The maximum absolute atomic E-state index is 13.3. The number of aromatic nitrogens is 1. The summed E-state index contributed by atoms with van der Waals surface area (Å²) in [5, 5.41) is 14.3. The van der Waals surface area contributed by atoms with E-state index < -0.39 is 10.8 Å². The number of aliphatic imine (C=N–C) groups is 1. The number of nitro benzene ring substituents is 1. The molecule has 1 aromatic heterocycles. The number of carbonyl (C=O) groups is 1. The summed E-state index contributed by atoms with van der Waals surface area (Å²) < 4.78 is 0.681. The maximum Gasteiger partial charge on any atom is 0.276 e. The van der Waals surface area contributed by atoms with E-state index in [1.165, 1.54) is 12.1 Å². The SMILES string of the molecule is Cc1cc(N(C)C)ccc1N=C(C(=O)Nc1[nH]ccc1Cl)c1c(Br)cc([N+](=O)[O-])cc1Br. The first-order chi connectivity index (χ1) is 15.1. The van der Waals surface area contributed by atoms with Crippen LogP contribution < -0.4 is 10.2 Å². The molecule has 0 unspecified atom stereocenters. The number of nitrogens with one attached hydrogen (secondary N) is 2. The summed E-state index contributed by atoms with van der Waals surface area (Å²) in [6, 6.07) is 9.92. The number of rotatable bonds is 6. The molecule has 0 bridgehead atoms. The van der Waals surface area contributed by atoms with Crippen molar-refractivity contribution in [3.63, 3.8) is 0 Å². The molecule has 166 valence electrons. The molecule has 0 atom stereocenters. The minimum absolute atomic E-state index is 0.0463. The van der Waals surface area contributed by atoms with Crippen LogP contribution in [0.25, 0.3) is 0 Å². The number of hydrogen-bond acceptors (Lipinski definition) is 5. The molecule has 0 fully saturated rings. The van der Waals surface area contributed by atoms with Gasteiger partial charge in [0.2, 0.25) is 0 Å². The molecule has 0 spiro atoms. The van der Waals surface area contributed by atoms with Gasteiger partial charge in [-0.25, -0.2) is 4.99 Å². The van der Waals surface area contributed by atoms with E-state index in [1.807, 2.05) is 44.1 Å². The van der Waals surface area contributed by atoms with Crippen LogP contribution in [0.15, 0.2) is 56.5 Å². The van der Waals surface area contributed by atoms with E-state index in [-0.39, 0.29) is 11.4 Å². The number of aryl methyl sites for hydroxylation is 1. The largest absolute Gasteiger partial charge is 0.378 e. The topological polar surface area (TPSA) is 104 Å². The van der Waals surface area contributed by atoms with Gasteiger partial charge in [-0.3, -0.25) is 14.9 Å². The fourth-order valence-electron chi connectivity index (χ4n) is 2.89. The molecule has 1 heterocycles. The molecule has 3 rings (SSSR count). The first kappa shape index (κ1) is 24.0. The fourth-order valence-corrected chi connectivity index (χ4v) is 4.60. The highest BCUT2D eigenvalue weighted by Crippen LogP contribution is 2.34. The molecule has 0 saturated carbocycles. The third-order valence-electron chi connectivity index (χ3n) is 4.55. The monoisotopic (exact) mass is 581 g/mol. The Morgan fingerprint density at radius 3 is 2.34 bits per heavy atom. The average molecular weight is 584 g/mol. The van der Waals surface area contributed by atoms with Crippen molar-refractivity contribution in [3.8, 4) is 0 Å². The molecule has 32 heavy (non-hydrogen) atoms. The van der Waals surface area contributed by atoms with Crippen molar-refractivity contribution < 1.29 is 9.72 Å². The molecule has 0 aliphatic rings. The number of H-pyrrole nitrogens is 1. The highest BCUT2D eigenvalue weighted by Gasteiger charge is 2.24. The highest BCUT2D eigenvalue weighted by atomic mass is 79.9. The molecular weight excluding hydrogens is 566 g/mol. The average Bonchev–Trinajstić information content (AvgIpc) is 3.11. The van der Waals surface area contributed by atoms with Crippen molar-refractivity contribution in [2.75, 3.05) is 24.3 Å². The van der Waals surface area contributed by atoms with Gasteiger partial charge in [-0.2, -0.15) is 0 Å². The van der Waals surface area contributed by atoms with Crippen LogP contribution in [0, 0.1) is 17.0 Å². The molecule has 3 aromatic rings. The number of hydrogen-bond donors (Lipinski definition) is 2. The van der Waals surface area contributed by atoms with E-state index in [9.17, 15) is 14.9 Å². The first-order valence-electron chi connectivity index (χ1n) is 9.23. The molecule has 0 aliphatic carbocycles. The molecule has 0 aliphatic heterocycles. The summed E-state index contributed by atoms with van der Waals surface area (Å²) in [5.74, 6) is -0.223.